The maximum Gasteiger partial charge on any atom is 0.161 e. The average Bonchev–Trinajstić information content (AvgIpc) is 2.77. The van der Waals surface area contributed by atoms with Gasteiger partial charge in [0.2, 0.25) is 0 Å². The molecule has 4 nitrogen and oxygen atoms in total. The molecule has 1 N–H and O–H groups in total. The summed E-state index contributed by atoms with van der Waals surface area (Å²) < 4.78 is 16.9. The highest BCUT2D eigenvalue weighted by Crippen LogP contribution is 2.29. The Labute approximate surface area is 185 Å². The fourth-order valence-electron chi connectivity index (χ4n) is 3.15. The molecule has 0 radical (unpaired) electrons. The van der Waals surface area contributed by atoms with Gasteiger partial charge < -0.3 is 19.5 Å². The number of hydrogen-bond acceptors (Lipinski definition) is 4. The van der Waals surface area contributed by atoms with Gasteiger partial charge in [-0.25, -0.2) is 0 Å². The van der Waals surface area contributed by atoms with Gasteiger partial charge in [0.15, 0.2) is 11.5 Å². The molecule has 0 heterocycles. The Hall–Kier alpha value is -2.69. The van der Waals surface area contributed by atoms with Gasteiger partial charge in [-0.05, 0) is 54.8 Å². The van der Waals surface area contributed by atoms with Gasteiger partial charge >= 0.3 is 0 Å². The lowest BCUT2D eigenvalue weighted by Gasteiger charge is -2.13. The minimum Gasteiger partial charge on any atom is -0.496 e. The zero-order valence-corrected chi connectivity index (χ0v) is 18.6. The second-order valence-electron chi connectivity index (χ2n) is 7.00. The lowest BCUT2D eigenvalue weighted by molar-refractivity contribution is 0.284. The lowest BCUT2D eigenvalue weighted by Crippen LogP contribution is -2.17. The van der Waals surface area contributed by atoms with Crippen molar-refractivity contribution in [2.45, 2.75) is 26.5 Å². The van der Waals surface area contributed by atoms with Crippen LogP contribution in [0, 0.1) is 6.92 Å². The van der Waals surface area contributed by atoms with Gasteiger partial charge in [-0.3, -0.25) is 0 Å². The maximum absolute atomic E-state index is 5.96. The van der Waals surface area contributed by atoms with Crippen molar-refractivity contribution in [3.05, 3.63) is 89.0 Å². The molecule has 30 heavy (non-hydrogen) atoms. The van der Waals surface area contributed by atoms with Crippen molar-refractivity contribution in [3.8, 4) is 17.2 Å². The SMILES string of the molecule is COc1ccccc1CCNCc1ccc(OCc2ccc(C)cc2)c(OC)c1.Cl. The first-order valence-electron chi connectivity index (χ1n) is 9.87. The lowest BCUT2D eigenvalue weighted by atomic mass is 10.1. The molecule has 0 fully saturated rings. The van der Waals surface area contributed by atoms with E-state index in [1.54, 1.807) is 14.2 Å². The van der Waals surface area contributed by atoms with Crippen molar-refractivity contribution in [2.24, 2.45) is 0 Å². The summed E-state index contributed by atoms with van der Waals surface area (Å²) in [6.45, 7) is 4.24. The zero-order chi connectivity index (χ0) is 20.5. The van der Waals surface area contributed by atoms with Crippen molar-refractivity contribution in [1.82, 2.24) is 5.32 Å². The standard InChI is InChI=1S/C25H29NO3.ClH/c1-19-8-10-20(11-9-19)18-29-24-13-12-21(16-25(24)28-3)17-26-15-14-22-6-4-5-7-23(22)27-2;/h4-13,16,26H,14-15,17-18H2,1-3H3;1H. The first kappa shape index (κ1) is 23.6. The van der Waals surface area contributed by atoms with Gasteiger partial charge in [-0.2, -0.15) is 0 Å². The number of rotatable bonds is 10. The van der Waals surface area contributed by atoms with E-state index >= 15 is 0 Å². The van der Waals surface area contributed by atoms with E-state index in [-0.39, 0.29) is 12.4 Å². The van der Waals surface area contributed by atoms with Gasteiger partial charge in [-0.1, -0.05) is 54.1 Å². The Morgan fingerprint density at radius 2 is 1.47 bits per heavy atom. The number of nitrogens with one attached hydrogen (secondary N) is 1. The predicted molar refractivity (Wildman–Crippen MR) is 124 cm³/mol. The molecular weight excluding hydrogens is 398 g/mol. The van der Waals surface area contributed by atoms with Crippen LogP contribution in [-0.2, 0) is 19.6 Å². The molecule has 3 rings (SSSR count). The Morgan fingerprint density at radius 1 is 0.767 bits per heavy atom. The van der Waals surface area contributed by atoms with E-state index in [2.05, 4.69) is 48.6 Å². The molecule has 0 unspecified atom stereocenters. The molecule has 3 aromatic carbocycles. The molecule has 0 atom stereocenters. The summed E-state index contributed by atoms with van der Waals surface area (Å²) >= 11 is 0. The monoisotopic (exact) mass is 427 g/mol. The number of para-hydroxylation sites is 1. The molecule has 0 saturated carbocycles. The third kappa shape index (κ3) is 6.68. The second-order valence-corrected chi connectivity index (χ2v) is 7.00. The van der Waals surface area contributed by atoms with Crippen LogP contribution in [0.25, 0.3) is 0 Å². The quantitative estimate of drug-likeness (QED) is 0.443. The van der Waals surface area contributed by atoms with Crippen LogP contribution >= 0.6 is 12.4 Å². The molecule has 0 aliphatic heterocycles. The summed E-state index contributed by atoms with van der Waals surface area (Å²) in [7, 11) is 3.38. The fraction of sp³-hybridized carbons (Fsp3) is 0.280. The molecular formula is C25H30ClNO3. The van der Waals surface area contributed by atoms with Crippen molar-refractivity contribution in [3.63, 3.8) is 0 Å². The molecule has 0 aromatic heterocycles. The Bertz CT molecular complexity index is 913. The molecule has 0 saturated heterocycles. The number of hydrogen-bond donors (Lipinski definition) is 1. The van der Waals surface area contributed by atoms with E-state index in [0.29, 0.717) is 6.61 Å². The zero-order valence-electron chi connectivity index (χ0n) is 17.8. The van der Waals surface area contributed by atoms with E-state index in [1.165, 1.54) is 11.1 Å². The molecule has 0 amide bonds. The molecule has 160 valence electrons. The molecule has 0 spiro atoms. The van der Waals surface area contributed by atoms with Crippen LogP contribution in [0.1, 0.15) is 22.3 Å². The van der Waals surface area contributed by atoms with E-state index in [9.17, 15) is 0 Å². The Morgan fingerprint density at radius 3 is 2.20 bits per heavy atom. The molecule has 0 bridgehead atoms. The number of methoxy groups -OCH3 is 2. The van der Waals surface area contributed by atoms with E-state index in [0.717, 1.165) is 47.9 Å². The maximum atomic E-state index is 5.96. The number of halogens is 1. The summed E-state index contributed by atoms with van der Waals surface area (Å²) in [6.07, 6.45) is 0.916. The first-order chi connectivity index (χ1) is 14.2. The summed E-state index contributed by atoms with van der Waals surface area (Å²) in [6, 6.07) is 22.6. The normalized spacial score (nSPS) is 10.2. The van der Waals surface area contributed by atoms with Crippen LogP contribution in [0.3, 0.4) is 0 Å². The Balaban J connectivity index is 0.00000320. The van der Waals surface area contributed by atoms with Crippen molar-refractivity contribution < 1.29 is 14.2 Å². The van der Waals surface area contributed by atoms with Crippen LogP contribution in [-0.4, -0.2) is 20.8 Å². The smallest absolute Gasteiger partial charge is 0.161 e. The van der Waals surface area contributed by atoms with Crippen LogP contribution in [0.5, 0.6) is 17.2 Å². The van der Waals surface area contributed by atoms with Gasteiger partial charge in [0.25, 0.3) is 0 Å². The summed E-state index contributed by atoms with van der Waals surface area (Å²) in [5.74, 6) is 2.44. The number of benzene rings is 3. The van der Waals surface area contributed by atoms with Crippen LogP contribution in [0.4, 0.5) is 0 Å². The minimum atomic E-state index is 0. The highest BCUT2D eigenvalue weighted by Gasteiger charge is 2.07. The summed E-state index contributed by atoms with van der Waals surface area (Å²) in [5.41, 5.74) is 4.75. The topological polar surface area (TPSA) is 39.7 Å². The largest absolute Gasteiger partial charge is 0.496 e. The van der Waals surface area contributed by atoms with Gasteiger partial charge in [0.05, 0.1) is 14.2 Å². The highest BCUT2D eigenvalue weighted by atomic mass is 35.5. The van der Waals surface area contributed by atoms with E-state index in [4.69, 9.17) is 14.2 Å². The predicted octanol–water partition coefficient (Wildman–Crippen LogP) is 5.35. The molecule has 0 aliphatic carbocycles. The molecule has 5 heteroatoms. The third-order valence-corrected chi connectivity index (χ3v) is 4.84. The van der Waals surface area contributed by atoms with Crippen molar-refractivity contribution in [2.75, 3.05) is 20.8 Å². The number of ether oxygens (including phenoxy) is 3. The van der Waals surface area contributed by atoms with Crippen molar-refractivity contribution in [1.29, 1.82) is 0 Å². The van der Waals surface area contributed by atoms with E-state index in [1.807, 2.05) is 30.3 Å². The van der Waals surface area contributed by atoms with Crippen molar-refractivity contribution >= 4 is 12.4 Å². The highest BCUT2D eigenvalue weighted by molar-refractivity contribution is 5.85. The summed E-state index contributed by atoms with van der Waals surface area (Å²) in [5, 5.41) is 3.48. The van der Waals surface area contributed by atoms with Gasteiger partial charge in [-0.15, -0.1) is 12.4 Å². The fourth-order valence-corrected chi connectivity index (χ4v) is 3.15. The van der Waals surface area contributed by atoms with Crippen LogP contribution in [0.15, 0.2) is 66.7 Å². The molecule has 3 aromatic rings. The summed E-state index contributed by atoms with van der Waals surface area (Å²) in [4.78, 5) is 0. The first-order valence-corrected chi connectivity index (χ1v) is 9.87. The minimum absolute atomic E-state index is 0. The van der Waals surface area contributed by atoms with Crippen LogP contribution in [0.2, 0.25) is 0 Å². The van der Waals surface area contributed by atoms with Crippen LogP contribution < -0.4 is 19.5 Å². The van der Waals surface area contributed by atoms with Gasteiger partial charge in [0.1, 0.15) is 12.4 Å². The average molecular weight is 428 g/mol. The Kier molecular flexibility index (Phi) is 9.52. The van der Waals surface area contributed by atoms with Gasteiger partial charge in [0, 0.05) is 6.54 Å². The van der Waals surface area contributed by atoms with E-state index < -0.39 is 0 Å². The second kappa shape index (κ2) is 12.1. The molecule has 0 aliphatic rings. The third-order valence-electron chi connectivity index (χ3n) is 4.84. The number of aryl methyl sites for hydroxylation is 1.